The molecule has 1 aromatic rings. The molecule has 18 heavy (non-hydrogen) atoms. The van der Waals surface area contributed by atoms with E-state index in [-0.39, 0.29) is 16.8 Å². The number of nitrogens with one attached hydrogen (secondary N) is 1. The van der Waals surface area contributed by atoms with Crippen LogP contribution in [-0.2, 0) is 0 Å². The van der Waals surface area contributed by atoms with E-state index in [1.165, 1.54) is 6.07 Å². The van der Waals surface area contributed by atoms with Gasteiger partial charge in [0.05, 0.1) is 10.0 Å². The highest BCUT2D eigenvalue weighted by Crippen LogP contribution is 2.25. The normalized spacial score (nSPS) is 16.8. The number of carbonyl (C=O) groups excluding carboxylic acids is 1. The van der Waals surface area contributed by atoms with Crippen molar-refractivity contribution < 1.29 is 13.6 Å². The highest BCUT2D eigenvalue weighted by Gasteiger charge is 2.23. The molecule has 1 saturated heterocycles. The molecule has 2 rings (SSSR count). The number of rotatable bonds is 3. The second kappa shape index (κ2) is 5.89. The Balaban J connectivity index is 2.15. The van der Waals surface area contributed by atoms with E-state index in [9.17, 15) is 13.6 Å². The van der Waals surface area contributed by atoms with Gasteiger partial charge in [0.25, 0.3) is 0 Å². The van der Waals surface area contributed by atoms with Crippen molar-refractivity contribution in [3.63, 3.8) is 0 Å². The minimum Gasteiger partial charge on any atom is -0.317 e. The number of carbonyl (C=O) groups is 1. The van der Waals surface area contributed by atoms with E-state index in [1.807, 2.05) is 0 Å². The van der Waals surface area contributed by atoms with Crippen molar-refractivity contribution in [1.82, 2.24) is 5.32 Å². The number of piperidine rings is 1. The van der Waals surface area contributed by atoms with E-state index in [2.05, 4.69) is 21.2 Å². The molecule has 0 saturated carbocycles. The molecule has 1 aliphatic heterocycles. The summed E-state index contributed by atoms with van der Waals surface area (Å²) >= 11 is 2.97. The smallest absolute Gasteiger partial charge is 0.169 e. The maximum absolute atomic E-state index is 13.7. The standard InChI is InChI=1S/C13H14BrF2NO/c14-9-1-2-10(15)12(13(9)16)11(18)7-8-3-5-17-6-4-8/h1-2,8,17H,3-7H2. The third-order valence-electron chi connectivity index (χ3n) is 3.26. The van der Waals surface area contributed by atoms with Gasteiger partial charge in [0.1, 0.15) is 5.82 Å². The summed E-state index contributed by atoms with van der Waals surface area (Å²) in [5, 5.41) is 3.19. The summed E-state index contributed by atoms with van der Waals surface area (Å²) in [6.07, 6.45) is 1.97. The van der Waals surface area contributed by atoms with Gasteiger partial charge in [-0.15, -0.1) is 0 Å². The van der Waals surface area contributed by atoms with E-state index < -0.39 is 23.0 Å². The average Bonchev–Trinajstić information content (AvgIpc) is 2.36. The van der Waals surface area contributed by atoms with Gasteiger partial charge in [-0.05, 0) is 59.9 Å². The number of ketones is 1. The fraction of sp³-hybridized carbons (Fsp3) is 0.462. The van der Waals surface area contributed by atoms with Crippen molar-refractivity contribution in [3.05, 3.63) is 33.8 Å². The maximum Gasteiger partial charge on any atom is 0.169 e. The van der Waals surface area contributed by atoms with Gasteiger partial charge in [-0.1, -0.05) is 0 Å². The van der Waals surface area contributed by atoms with Crippen molar-refractivity contribution in [3.8, 4) is 0 Å². The molecule has 1 heterocycles. The van der Waals surface area contributed by atoms with Crippen LogP contribution in [0, 0.1) is 17.6 Å². The lowest BCUT2D eigenvalue weighted by Gasteiger charge is -2.22. The van der Waals surface area contributed by atoms with Crippen LogP contribution in [0.3, 0.4) is 0 Å². The Hall–Kier alpha value is -0.810. The third-order valence-corrected chi connectivity index (χ3v) is 3.87. The fourth-order valence-corrected chi connectivity index (χ4v) is 2.56. The molecule has 5 heteroatoms. The third kappa shape index (κ3) is 2.95. The number of Topliss-reactive ketones (excluding diaryl/α,β-unsaturated/α-hetero) is 1. The zero-order chi connectivity index (χ0) is 13.1. The molecule has 1 aliphatic rings. The zero-order valence-corrected chi connectivity index (χ0v) is 11.4. The zero-order valence-electron chi connectivity index (χ0n) is 9.81. The van der Waals surface area contributed by atoms with Gasteiger partial charge < -0.3 is 5.32 Å². The van der Waals surface area contributed by atoms with E-state index in [1.54, 1.807) is 0 Å². The lowest BCUT2D eigenvalue weighted by molar-refractivity contribution is 0.0944. The Kier molecular flexibility index (Phi) is 4.45. The number of hydrogen-bond acceptors (Lipinski definition) is 2. The summed E-state index contributed by atoms with van der Waals surface area (Å²) in [4.78, 5) is 12.0. The molecule has 0 aliphatic carbocycles. The molecular formula is C13H14BrF2NO. The fourth-order valence-electron chi connectivity index (χ4n) is 2.23. The number of hydrogen-bond donors (Lipinski definition) is 1. The van der Waals surface area contributed by atoms with E-state index in [0.717, 1.165) is 32.0 Å². The minimum atomic E-state index is -0.797. The first kappa shape index (κ1) is 13.6. The number of benzene rings is 1. The van der Waals surface area contributed by atoms with Crippen LogP contribution in [0.15, 0.2) is 16.6 Å². The van der Waals surface area contributed by atoms with Crippen LogP contribution in [0.1, 0.15) is 29.6 Å². The van der Waals surface area contributed by atoms with Crippen LogP contribution in [0.2, 0.25) is 0 Å². The van der Waals surface area contributed by atoms with Crippen LogP contribution in [-0.4, -0.2) is 18.9 Å². The molecule has 0 bridgehead atoms. The van der Waals surface area contributed by atoms with Gasteiger partial charge in [-0.25, -0.2) is 8.78 Å². The quantitative estimate of drug-likeness (QED) is 0.684. The van der Waals surface area contributed by atoms with Gasteiger partial charge in [-0.2, -0.15) is 0 Å². The second-order valence-electron chi connectivity index (χ2n) is 4.54. The molecular weight excluding hydrogens is 304 g/mol. The highest BCUT2D eigenvalue weighted by molar-refractivity contribution is 9.10. The van der Waals surface area contributed by atoms with Crippen LogP contribution in [0.4, 0.5) is 8.78 Å². The molecule has 2 nitrogen and oxygen atoms in total. The predicted octanol–water partition coefficient (Wildman–Crippen LogP) is 3.30. The summed E-state index contributed by atoms with van der Waals surface area (Å²) in [5.74, 6) is -1.81. The summed E-state index contributed by atoms with van der Waals surface area (Å²) < 4.78 is 27.4. The van der Waals surface area contributed by atoms with Crippen LogP contribution in [0.5, 0.6) is 0 Å². The lowest BCUT2D eigenvalue weighted by atomic mass is 9.90. The molecule has 0 unspecified atom stereocenters. The lowest BCUT2D eigenvalue weighted by Crippen LogP contribution is -2.29. The van der Waals surface area contributed by atoms with Crippen molar-refractivity contribution in [2.45, 2.75) is 19.3 Å². The van der Waals surface area contributed by atoms with Gasteiger partial charge in [0, 0.05) is 6.42 Å². The Morgan fingerprint density at radius 3 is 2.67 bits per heavy atom. The van der Waals surface area contributed by atoms with Gasteiger partial charge >= 0.3 is 0 Å². The summed E-state index contributed by atoms with van der Waals surface area (Å²) in [7, 11) is 0. The van der Waals surface area contributed by atoms with E-state index >= 15 is 0 Å². The maximum atomic E-state index is 13.7. The first-order valence-electron chi connectivity index (χ1n) is 5.97. The molecule has 1 fully saturated rings. The molecule has 98 valence electrons. The largest absolute Gasteiger partial charge is 0.317 e. The van der Waals surface area contributed by atoms with E-state index in [0.29, 0.717) is 0 Å². The Morgan fingerprint density at radius 1 is 1.33 bits per heavy atom. The molecule has 0 spiro atoms. The first-order valence-corrected chi connectivity index (χ1v) is 6.76. The van der Waals surface area contributed by atoms with Gasteiger partial charge in [-0.3, -0.25) is 4.79 Å². The number of halogens is 3. The van der Waals surface area contributed by atoms with Crippen molar-refractivity contribution in [2.24, 2.45) is 5.92 Å². The van der Waals surface area contributed by atoms with Crippen molar-refractivity contribution in [1.29, 1.82) is 0 Å². The molecule has 0 radical (unpaired) electrons. The summed E-state index contributed by atoms with van der Waals surface area (Å²) in [6, 6.07) is 2.38. The van der Waals surface area contributed by atoms with Gasteiger partial charge in [0.15, 0.2) is 11.6 Å². The molecule has 0 amide bonds. The van der Waals surface area contributed by atoms with Gasteiger partial charge in [0.2, 0.25) is 0 Å². The monoisotopic (exact) mass is 317 g/mol. The van der Waals surface area contributed by atoms with Crippen LogP contribution < -0.4 is 5.32 Å². The van der Waals surface area contributed by atoms with Crippen LogP contribution in [0.25, 0.3) is 0 Å². The first-order chi connectivity index (χ1) is 8.59. The summed E-state index contributed by atoms with van der Waals surface area (Å²) in [5.41, 5.74) is -0.414. The topological polar surface area (TPSA) is 29.1 Å². The highest BCUT2D eigenvalue weighted by atomic mass is 79.9. The Morgan fingerprint density at radius 2 is 2.00 bits per heavy atom. The Bertz CT molecular complexity index is 459. The molecule has 0 aromatic heterocycles. The van der Waals surface area contributed by atoms with Crippen LogP contribution >= 0.6 is 15.9 Å². The molecule has 1 N–H and O–H groups in total. The summed E-state index contributed by atoms with van der Waals surface area (Å²) in [6.45, 7) is 1.72. The Labute approximate surface area is 113 Å². The second-order valence-corrected chi connectivity index (χ2v) is 5.39. The van der Waals surface area contributed by atoms with Crippen molar-refractivity contribution >= 4 is 21.7 Å². The molecule has 0 atom stereocenters. The molecule has 1 aromatic carbocycles. The van der Waals surface area contributed by atoms with E-state index in [4.69, 9.17) is 0 Å². The average molecular weight is 318 g/mol. The predicted molar refractivity (Wildman–Crippen MR) is 68.6 cm³/mol. The minimum absolute atomic E-state index is 0.123. The SMILES string of the molecule is O=C(CC1CCNCC1)c1c(F)ccc(Br)c1F. The van der Waals surface area contributed by atoms with Crippen molar-refractivity contribution in [2.75, 3.05) is 13.1 Å².